The molecule has 3 atom stereocenters. The molecule has 2 aromatic carbocycles. The molecule has 9 heteroatoms. The fraction of sp³-hybridized carbons (Fsp3) is 0.318. The largest absolute Gasteiger partial charge is 0.468 e. The molecule has 31 heavy (non-hydrogen) atoms. The predicted molar refractivity (Wildman–Crippen MR) is 109 cm³/mol. The average Bonchev–Trinajstić information content (AvgIpc) is 2.93. The van der Waals surface area contributed by atoms with Gasteiger partial charge in [-0.05, 0) is 18.1 Å². The van der Waals surface area contributed by atoms with Crippen molar-refractivity contribution < 1.29 is 32.3 Å². The number of nitrogens with zero attached hydrogens (tertiary/aromatic N) is 1. The highest BCUT2D eigenvalue weighted by Gasteiger charge is 2.74. The molecule has 2 heterocycles. The first-order valence-electron chi connectivity index (χ1n) is 9.67. The quantitative estimate of drug-likeness (QED) is 0.510. The lowest BCUT2D eigenvalue weighted by Gasteiger charge is -2.36. The number of methoxy groups -OCH3 is 1. The maximum absolute atomic E-state index is 13.4. The minimum atomic E-state index is -4.20. The molecule has 2 aliphatic heterocycles. The number of sulfone groups is 1. The maximum Gasteiger partial charge on any atom is 0.332 e. The fourth-order valence-corrected chi connectivity index (χ4v) is 6.51. The van der Waals surface area contributed by atoms with Crippen molar-refractivity contribution in [3.63, 3.8) is 0 Å². The van der Waals surface area contributed by atoms with E-state index in [1.165, 1.54) is 0 Å². The molecule has 2 aliphatic rings. The van der Waals surface area contributed by atoms with E-state index in [9.17, 15) is 22.8 Å². The van der Waals surface area contributed by atoms with Gasteiger partial charge < -0.3 is 14.4 Å². The molecule has 4 rings (SSSR count). The lowest BCUT2D eigenvalue weighted by molar-refractivity contribution is -0.167. The van der Waals surface area contributed by atoms with Crippen molar-refractivity contribution in [2.24, 2.45) is 0 Å². The Labute approximate surface area is 179 Å². The summed E-state index contributed by atoms with van der Waals surface area (Å²) in [4.78, 5) is 39.1. The lowest BCUT2D eigenvalue weighted by Crippen LogP contribution is -2.59. The van der Waals surface area contributed by atoms with Gasteiger partial charge >= 0.3 is 11.9 Å². The van der Waals surface area contributed by atoms with Crippen molar-refractivity contribution in [2.45, 2.75) is 35.6 Å². The van der Waals surface area contributed by atoms with Gasteiger partial charge in [0.05, 0.1) is 13.5 Å². The van der Waals surface area contributed by atoms with Gasteiger partial charge in [0.15, 0.2) is 26.7 Å². The highest BCUT2D eigenvalue weighted by Crippen LogP contribution is 2.47. The first-order valence-corrected chi connectivity index (χ1v) is 11.2. The molecule has 0 N–H and O–H groups in total. The van der Waals surface area contributed by atoms with Crippen molar-refractivity contribution in [1.82, 2.24) is 4.90 Å². The van der Waals surface area contributed by atoms with Crippen LogP contribution in [0.3, 0.4) is 0 Å². The van der Waals surface area contributed by atoms with Crippen LogP contribution in [0.4, 0.5) is 0 Å². The molecule has 2 fully saturated rings. The monoisotopic (exact) mass is 443 g/mol. The van der Waals surface area contributed by atoms with Crippen LogP contribution < -0.4 is 0 Å². The Balaban J connectivity index is 1.76. The van der Waals surface area contributed by atoms with Crippen LogP contribution in [0.15, 0.2) is 60.7 Å². The van der Waals surface area contributed by atoms with E-state index in [2.05, 4.69) is 0 Å². The van der Waals surface area contributed by atoms with Crippen molar-refractivity contribution in [3.05, 3.63) is 71.8 Å². The van der Waals surface area contributed by atoms with Crippen LogP contribution in [0, 0.1) is 0 Å². The smallest absolute Gasteiger partial charge is 0.332 e. The van der Waals surface area contributed by atoms with E-state index in [4.69, 9.17) is 9.47 Å². The number of esters is 2. The second-order valence-corrected chi connectivity index (χ2v) is 10.1. The summed E-state index contributed by atoms with van der Waals surface area (Å²) in [6, 6.07) is 16.2. The molecule has 0 saturated carbocycles. The van der Waals surface area contributed by atoms with Crippen molar-refractivity contribution in [3.8, 4) is 0 Å². The van der Waals surface area contributed by atoms with Gasteiger partial charge in [-0.25, -0.2) is 13.2 Å². The van der Waals surface area contributed by atoms with Crippen molar-refractivity contribution in [1.29, 1.82) is 0 Å². The zero-order valence-corrected chi connectivity index (χ0v) is 17.7. The van der Waals surface area contributed by atoms with E-state index in [1.54, 1.807) is 48.5 Å². The zero-order valence-electron chi connectivity index (χ0n) is 16.9. The van der Waals surface area contributed by atoms with Crippen LogP contribution in [0.5, 0.6) is 0 Å². The predicted octanol–water partition coefficient (Wildman–Crippen LogP) is 1.61. The van der Waals surface area contributed by atoms with E-state index in [-0.39, 0.29) is 6.42 Å². The summed E-state index contributed by atoms with van der Waals surface area (Å²) in [6.45, 7) is 1.12. The number of rotatable bonds is 5. The minimum Gasteiger partial charge on any atom is -0.468 e. The number of hydrogen-bond donors (Lipinski definition) is 0. The summed E-state index contributed by atoms with van der Waals surface area (Å²) in [7, 11) is -3.16. The molecule has 0 radical (unpaired) electrons. The summed E-state index contributed by atoms with van der Waals surface area (Å²) in [5, 5.41) is -1.24. The number of carbonyl (C=O) groups is 3. The number of carbonyl (C=O) groups excluding carboxylic acids is 3. The average molecular weight is 443 g/mol. The number of amides is 1. The van der Waals surface area contributed by atoms with Crippen LogP contribution in [0.25, 0.3) is 0 Å². The molecule has 1 unspecified atom stereocenters. The molecular formula is C22H21NO7S. The second kappa shape index (κ2) is 7.49. The molecular weight excluding hydrogens is 422 g/mol. The van der Waals surface area contributed by atoms with E-state index in [0.717, 1.165) is 18.9 Å². The van der Waals surface area contributed by atoms with E-state index < -0.39 is 49.9 Å². The van der Waals surface area contributed by atoms with Gasteiger partial charge in [-0.3, -0.25) is 9.59 Å². The Morgan fingerprint density at radius 3 is 2.00 bits per heavy atom. The van der Waals surface area contributed by atoms with Crippen LogP contribution in [0.1, 0.15) is 30.6 Å². The van der Waals surface area contributed by atoms with Crippen LogP contribution in [-0.4, -0.2) is 54.4 Å². The van der Waals surface area contributed by atoms with Gasteiger partial charge in [0.2, 0.25) is 5.91 Å². The van der Waals surface area contributed by atoms with Gasteiger partial charge in [0.1, 0.15) is 5.37 Å². The fourth-order valence-electron chi connectivity index (χ4n) is 4.21. The van der Waals surface area contributed by atoms with Crippen LogP contribution in [-0.2, 0) is 33.7 Å². The van der Waals surface area contributed by atoms with Gasteiger partial charge in [-0.1, -0.05) is 60.7 Å². The Hall–Kier alpha value is -3.20. The first-order chi connectivity index (χ1) is 14.7. The molecule has 0 spiro atoms. The second-order valence-electron chi connectivity index (χ2n) is 7.64. The Kier molecular flexibility index (Phi) is 5.09. The van der Waals surface area contributed by atoms with E-state index in [0.29, 0.717) is 11.1 Å². The Morgan fingerprint density at radius 2 is 1.55 bits per heavy atom. The molecule has 0 aliphatic carbocycles. The zero-order chi connectivity index (χ0) is 22.4. The highest BCUT2D eigenvalue weighted by atomic mass is 32.2. The lowest BCUT2D eigenvalue weighted by atomic mass is 9.95. The molecule has 0 aromatic heterocycles. The summed E-state index contributed by atoms with van der Waals surface area (Å²) < 4.78 is 34.4. The summed E-state index contributed by atoms with van der Waals surface area (Å²) in [6.07, 6.45) is -1.13. The Bertz CT molecular complexity index is 1090. The van der Waals surface area contributed by atoms with Gasteiger partial charge in [-0.15, -0.1) is 0 Å². The van der Waals surface area contributed by atoms with E-state index in [1.807, 2.05) is 12.1 Å². The number of benzene rings is 2. The summed E-state index contributed by atoms with van der Waals surface area (Å²) >= 11 is 0. The third kappa shape index (κ3) is 3.03. The number of ether oxygens (including phenoxy) is 2. The Morgan fingerprint density at radius 1 is 1.03 bits per heavy atom. The standard InChI is InChI=1S/C22H21NO7S/c1-22(21(26)29-2)19(23-16(24)13-17(23)31(22,27)28)20(25)30-18(14-9-5-3-6-10-14)15-11-7-4-8-12-15/h3-12,17-19H,13H2,1-2H3/t17?,19-,22+/m0/s1. The number of hydrogen-bond acceptors (Lipinski definition) is 7. The highest BCUT2D eigenvalue weighted by molar-refractivity contribution is 7.94. The van der Waals surface area contributed by atoms with E-state index >= 15 is 0 Å². The molecule has 2 saturated heterocycles. The molecule has 8 nitrogen and oxygen atoms in total. The van der Waals surface area contributed by atoms with Crippen LogP contribution in [0.2, 0.25) is 0 Å². The van der Waals surface area contributed by atoms with Crippen molar-refractivity contribution >= 4 is 27.7 Å². The molecule has 162 valence electrons. The summed E-state index contributed by atoms with van der Waals surface area (Å²) in [5.74, 6) is -2.61. The van der Waals surface area contributed by atoms with Gasteiger partial charge in [0.25, 0.3) is 0 Å². The number of β-lactam (4-membered cyclic amide) rings is 1. The summed E-state index contributed by atoms with van der Waals surface area (Å²) in [5.41, 5.74) is 1.32. The number of fused-ring (bicyclic) bond motifs is 1. The van der Waals surface area contributed by atoms with Crippen LogP contribution >= 0.6 is 0 Å². The molecule has 1 amide bonds. The topological polar surface area (TPSA) is 107 Å². The van der Waals surface area contributed by atoms with Gasteiger partial charge in [0, 0.05) is 0 Å². The normalized spacial score (nSPS) is 26.2. The van der Waals surface area contributed by atoms with Gasteiger partial charge in [-0.2, -0.15) is 0 Å². The SMILES string of the molecule is COC(=O)[C@@]1(C)[C@H](C(=O)OC(c2ccccc2)c2ccccc2)N2C(=O)CC2S1(=O)=O. The molecule has 2 aromatic rings. The van der Waals surface area contributed by atoms with Crippen molar-refractivity contribution in [2.75, 3.05) is 7.11 Å². The third-order valence-electron chi connectivity index (χ3n) is 5.95. The first kappa shape index (κ1) is 21.0. The molecule has 0 bridgehead atoms. The maximum atomic E-state index is 13.4. The minimum absolute atomic E-state index is 0.278. The third-order valence-corrected chi connectivity index (χ3v) is 8.63.